The van der Waals surface area contributed by atoms with Crippen LogP contribution in [-0.2, 0) is 0 Å². The average Bonchev–Trinajstić information content (AvgIpc) is 2.73. The minimum atomic E-state index is -0.130. The summed E-state index contributed by atoms with van der Waals surface area (Å²) in [7, 11) is 0. The molecule has 0 spiro atoms. The molecule has 1 aliphatic carbocycles. The SMILES string of the molecule is CC(O)CC1CCCCN1CC1CCCC1. The summed E-state index contributed by atoms with van der Waals surface area (Å²) in [4.78, 5) is 2.67. The van der Waals surface area contributed by atoms with E-state index in [1.807, 2.05) is 6.92 Å². The lowest BCUT2D eigenvalue weighted by atomic mass is 9.95. The van der Waals surface area contributed by atoms with Crippen LogP contribution in [0.25, 0.3) is 0 Å². The lowest BCUT2D eigenvalue weighted by Crippen LogP contribution is -2.43. The van der Waals surface area contributed by atoms with E-state index in [0.29, 0.717) is 6.04 Å². The van der Waals surface area contributed by atoms with Crippen LogP contribution < -0.4 is 0 Å². The second-order valence-corrected chi connectivity index (χ2v) is 5.88. The van der Waals surface area contributed by atoms with Crippen molar-refractivity contribution in [2.45, 2.75) is 70.4 Å². The maximum absolute atomic E-state index is 9.56. The van der Waals surface area contributed by atoms with Crippen molar-refractivity contribution in [1.82, 2.24) is 4.90 Å². The lowest BCUT2D eigenvalue weighted by Gasteiger charge is -2.38. The summed E-state index contributed by atoms with van der Waals surface area (Å²) in [5.74, 6) is 0.953. The fourth-order valence-electron chi connectivity index (χ4n) is 3.49. The van der Waals surface area contributed by atoms with Gasteiger partial charge in [0.25, 0.3) is 0 Å². The maximum atomic E-state index is 9.56. The summed E-state index contributed by atoms with van der Waals surface area (Å²) >= 11 is 0. The van der Waals surface area contributed by atoms with Crippen LogP contribution in [0.4, 0.5) is 0 Å². The third kappa shape index (κ3) is 3.46. The lowest BCUT2D eigenvalue weighted by molar-refractivity contribution is 0.0756. The molecule has 1 aliphatic heterocycles. The van der Waals surface area contributed by atoms with Crippen LogP contribution in [0.1, 0.15) is 58.3 Å². The minimum absolute atomic E-state index is 0.130. The molecule has 0 amide bonds. The van der Waals surface area contributed by atoms with E-state index in [1.165, 1.54) is 58.0 Å². The van der Waals surface area contributed by atoms with E-state index in [4.69, 9.17) is 0 Å². The van der Waals surface area contributed by atoms with Gasteiger partial charge in [0, 0.05) is 12.6 Å². The van der Waals surface area contributed by atoms with Gasteiger partial charge in [-0.25, -0.2) is 0 Å². The molecule has 0 aromatic rings. The Hall–Kier alpha value is -0.0800. The van der Waals surface area contributed by atoms with Gasteiger partial charge in [-0.2, -0.15) is 0 Å². The van der Waals surface area contributed by atoms with E-state index in [-0.39, 0.29) is 6.10 Å². The second kappa shape index (κ2) is 6.02. The first kappa shape index (κ1) is 12.4. The predicted octanol–water partition coefficient (Wildman–Crippen LogP) is 2.80. The molecule has 2 atom stereocenters. The number of hydrogen-bond acceptors (Lipinski definition) is 2. The molecule has 1 heterocycles. The molecule has 2 aliphatic rings. The molecule has 1 saturated carbocycles. The maximum Gasteiger partial charge on any atom is 0.0527 e. The van der Waals surface area contributed by atoms with Crippen molar-refractivity contribution in [2.24, 2.45) is 5.92 Å². The number of nitrogens with zero attached hydrogens (tertiary/aromatic N) is 1. The zero-order valence-electron chi connectivity index (χ0n) is 10.7. The van der Waals surface area contributed by atoms with Crippen LogP contribution in [0.5, 0.6) is 0 Å². The molecule has 2 heteroatoms. The van der Waals surface area contributed by atoms with Gasteiger partial charge in [0.15, 0.2) is 0 Å². The van der Waals surface area contributed by atoms with Crippen LogP contribution in [0.15, 0.2) is 0 Å². The minimum Gasteiger partial charge on any atom is -0.393 e. The van der Waals surface area contributed by atoms with Crippen molar-refractivity contribution in [2.75, 3.05) is 13.1 Å². The number of aliphatic hydroxyl groups is 1. The Kier molecular flexibility index (Phi) is 4.66. The van der Waals surface area contributed by atoms with E-state index in [0.717, 1.165) is 12.3 Å². The van der Waals surface area contributed by atoms with Crippen molar-refractivity contribution in [1.29, 1.82) is 0 Å². The van der Waals surface area contributed by atoms with Gasteiger partial charge in [-0.15, -0.1) is 0 Å². The normalized spacial score (nSPS) is 30.8. The van der Waals surface area contributed by atoms with Crippen LogP contribution in [0.3, 0.4) is 0 Å². The number of aliphatic hydroxyl groups excluding tert-OH is 1. The van der Waals surface area contributed by atoms with Gasteiger partial charge in [0.2, 0.25) is 0 Å². The summed E-state index contributed by atoms with van der Waals surface area (Å²) in [6, 6.07) is 0.661. The van der Waals surface area contributed by atoms with Crippen molar-refractivity contribution >= 4 is 0 Å². The molecule has 0 radical (unpaired) electrons. The Morgan fingerprint density at radius 3 is 2.50 bits per heavy atom. The molecule has 1 N–H and O–H groups in total. The van der Waals surface area contributed by atoms with Gasteiger partial charge in [-0.05, 0) is 51.5 Å². The molecule has 0 aromatic heterocycles. The van der Waals surface area contributed by atoms with Crippen molar-refractivity contribution < 1.29 is 5.11 Å². The van der Waals surface area contributed by atoms with Gasteiger partial charge in [-0.1, -0.05) is 19.3 Å². The summed E-state index contributed by atoms with van der Waals surface area (Å²) in [6.07, 6.45) is 10.6. The Morgan fingerprint density at radius 1 is 1.12 bits per heavy atom. The predicted molar refractivity (Wildman–Crippen MR) is 67.5 cm³/mol. The highest BCUT2D eigenvalue weighted by atomic mass is 16.3. The summed E-state index contributed by atoms with van der Waals surface area (Å²) in [5, 5.41) is 9.56. The van der Waals surface area contributed by atoms with Crippen LogP contribution in [0.2, 0.25) is 0 Å². The first-order valence-electron chi connectivity index (χ1n) is 7.18. The van der Waals surface area contributed by atoms with E-state index in [1.54, 1.807) is 0 Å². The zero-order chi connectivity index (χ0) is 11.4. The molecule has 0 bridgehead atoms. The van der Waals surface area contributed by atoms with E-state index < -0.39 is 0 Å². The number of hydrogen-bond donors (Lipinski definition) is 1. The third-order valence-electron chi connectivity index (χ3n) is 4.33. The van der Waals surface area contributed by atoms with E-state index in [9.17, 15) is 5.11 Å². The smallest absolute Gasteiger partial charge is 0.0527 e. The Balaban J connectivity index is 1.83. The quantitative estimate of drug-likeness (QED) is 0.795. The monoisotopic (exact) mass is 225 g/mol. The van der Waals surface area contributed by atoms with Gasteiger partial charge in [0.1, 0.15) is 0 Å². The molecular weight excluding hydrogens is 198 g/mol. The standard InChI is InChI=1S/C14H27NO/c1-12(16)10-14-8-4-5-9-15(14)11-13-6-2-3-7-13/h12-14,16H,2-11H2,1H3. The zero-order valence-corrected chi connectivity index (χ0v) is 10.7. The molecule has 2 fully saturated rings. The largest absolute Gasteiger partial charge is 0.393 e. The van der Waals surface area contributed by atoms with Gasteiger partial charge in [-0.3, -0.25) is 0 Å². The fraction of sp³-hybridized carbons (Fsp3) is 1.00. The highest BCUT2D eigenvalue weighted by molar-refractivity contribution is 4.81. The third-order valence-corrected chi connectivity index (χ3v) is 4.33. The topological polar surface area (TPSA) is 23.5 Å². The van der Waals surface area contributed by atoms with Crippen LogP contribution in [0, 0.1) is 5.92 Å². The number of rotatable bonds is 4. The highest BCUT2D eigenvalue weighted by Crippen LogP contribution is 2.29. The highest BCUT2D eigenvalue weighted by Gasteiger charge is 2.26. The summed E-state index contributed by atoms with van der Waals surface area (Å²) < 4.78 is 0. The molecule has 2 unspecified atom stereocenters. The van der Waals surface area contributed by atoms with Crippen molar-refractivity contribution in [3.8, 4) is 0 Å². The molecule has 16 heavy (non-hydrogen) atoms. The summed E-state index contributed by atoms with van der Waals surface area (Å²) in [5.41, 5.74) is 0. The second-order valence-electron chi connectivity index (χ2n) is 5.88. The Bertz CT molecular complexity index is 199. The average molecular weight is 225 g/mol. The fourth-order valence-corrected chi connectivity index (χ4v) is 3.49. The van der Waals surface area contributed by atoms with Crippen LogP contribution in [-0.4, -0.2) is 35.2 Å². The molecule has 1 saturated heterocycles. The first-order valence-corrected chi connectivity index (χ1v) is 7.18. The van der Waals surface area contributed by atoms with Crippen molar-refractivity contribution in [3.05, 3.63) is 0 Å². The molecule has 2 rings (SSSR count). The molecular formula is C14H27NO. The summed E-state index contributed by atoms with van der Waals surface area (Å²) in [6.45, 7) is 4.51. The van der Waals surface area contributed by atoms with Gasteiger partial charge >= 0.3 is 0 Å². The Labute approximate surface area is 100 Å². The van der Waals surface area contributed by atoms with Gasteiger partial charge < -0.3 is 10.0 Å². The Morgan fingerprint density at radius 2 is 1.81 bits per heavy atom. The first-order chi connectivity index (χ1) is 7.75. The number of likely N-dealkylation sites (tertiary alicyclic amines) is 1. The van der Waals surface area contributed by atoms with Crippen molar-refractivity contribution in [3.63, 3.8) is 0 Å². The molecule has 0 aromatic carbocycles. The molecule has 94 valence electrons. The van der Waals surface area contributed by atoms with E-state index in [2.05, 4.69) is 4.90 Å². The molecule has 2 nitrogen and oxygen atoms in total. The number of piperidine rings is 1. The van der Waals surface area contributed by atoms with Crippen LogP contribution >= 0.6 is 0 Å². The van der Waals surface area contributed by atoms with E-state index >= 15 is 0 Å². The van der Waals surface area contributed by atoms with Gasteiger partial charge in [0.05, 0.1) is 6.10 Å².